The smallest absolute Gasteiger partial charge is 0.317 e. The summed E-state index contributed by atoms with van der Waals surface area (Å²) in [6.07, 6.45) is 12.3. The lowest BCUT2D eigenvalue weighted by molar-refractivity contribution is 0.133. The predicted molar refractivity (Wildman–Crippen MR) is 151 cm³/mol. The van der Waals surface area contributed by atoms with Crippen LogP contribution in [0.5, 0.6) is 0 Å². The van der Waals surface area contributed by atoms with Gasteiger partial charge in [0, 0.05) is 49.7 Å². The molecule has 1 aromatic carbocycles. The molecule has 8 heteroatoms. The number of carbonyl (C=O) groups is 1. The molecule has 206 valence electrons. The zero-order valence-corrected chi connectivity index (χ0v) is 22.5. The van der Waals surface area contributed by atoms with Gasteiger partial charge in [-0.1, -0.05) is 18.6 Å². The van der Waals surface area contributed by atoms with Gasteiger partial charge in [-0.15, -0.1) is 0 Å². The average Bonchev–Trinajstić information content (AvgIpc) is 3.28. The number of anilines is 1. The molecule has 2 aliphatic carbocycles. The zero-order chi connectivity index (χ0) is 27.4. The lowest BCUT2D eigenvalue weighted by Gasteiger charge is -2.39. The Labute approximate surface area is 229 Å². The van der Waals surface area contributed by atoms with E-state index in [4.69, 9.17) is 5.41 Å². The highest BCUT2D eigenvalue weighted by molar-refractivity contribution is 5.81. The minimum atomic E-state index is -0.278. The molecule has 1 aliphatic heterocycles. The fourth-order valence-electron chi connectivity index (χ4n) is 6.46. The Bertz CT molecular complexity index is 1240. The van der Waals surface area contributed by atoms with Crippen LogP contribution in [0.1, 0.15) is 57.1 Å². The number of nitrogens with one attached hydrogen (secondary N) is 3. The number of likely N-dealkylation sites (tertiary alicyclic amines) is 1. The second kappa shape index (κ2) is 11.7. The highest BCUT2D eigenvalue weighted by Gasteiger charge is 2.46. The number of carbonyl (C=O) groups excluding carboxylic acids is 1. The summed E-state index contributed by atoms with van der Waals surface area (Å²) in [6, 6.07) is 9.98. The zero-order valence-electron chi connectivity index (χ0n) is 22.5. The van der Waals surface area contributed by atoms with Crippen molar-refractivity contribution in [2.75, 3.05) is 25.0 Å². The molecule has 1 unspecified atom stereocenters. The second-order valence-electron chi connectivity index (χ2n) is 11.4. The largest absolute Gasteiger partial charge is 0.396 e. The number of amides is 2. The van der Waals surface area contributed by atoms with Gasteiger partial charge in [0.15, 0.2) is 0 Å². The van der Waals surface area contributed by atoms with Gasteiger partial charge in [0.05, 0.1) is 6.04 Å². The Hall–Kier alpha value is -3.52. The van der Waals surface area contributed by atoms with E-state index in [2.05, 4.69) is 28.6 Å². The number of nitrogens with zero attached hydrogens (tertiary/aromatic N) is 2. The molecule has 0 spiro atoms. The van der Waals surface area contributed by atoms with E-state index in [1.54, 1.807) is 18.3 Å². The topological polar surface area (TPSA) is 101 Å². The molecule has 2 amide bonds. The van der Waals surface area contributed by atoms with Crippen LogP contribution >= 0.6 is 0 Å². The summed E-state index contributed by atoms with van der Waals surface area (Å²) >= 11 is 0. The van der Waals surface area contributed by atoms with Gasteiger partial charge in [-0.25, -0.2) is 9.18 Å². The second-order valence-corrected chi connectivity index (χ2v) is 11.4. The Morgan fingerprint density at radius 3 is 2.69 bits per heavy atom. The van der Waals surface area contributed by atoms with Crippen molar-refractivity contribution in [3.8, 4) is 0 Å². The molecule has 3 atom stereocenters. The van der Waals surface area contributed by atoms with E-state index < -0.39 is 0 Å². The molecule has 2 heterocycles. The van der Waals surface area contributed by atoms with Gasteiger partial charge in [-0.2, -0.15) is 0 Å². The highest BCUT2D eigenvalue weighted by Crippen LogP contribution is 2.56. The summed E-state index contributed by atoms with van der Waals surface area (Å²) in [5, 5.41) is 24.3. The quantitative estimate of drug-likeness (QED) is 0.322. The molecule has 1 saturated heterocycles. The fraction of sp³-hybridized carbons (Fsp3) is 0.452. The van der Waals surface area contributed by atoms with Gasteiger partial charge in [-0.3, -0.25) is 4.98 Å². The number of benzene rings is 1. The maximum Gasteiger partial charge on any atom is 0.317 e. The van der Waals surface area contributed by atoms with Crippen molar-refractivity contribution >= 4 is 17.9 Å². The lowest BCUT2D eigenvalue weighted by atomic mass is 9.67. The molecule has 2 aromatic rings. The molecule has 0 radical (unpaired) electrons. The van der Waals surface area contributed by atoms with E-state index in [9.17, 15) is 14.3 Å². The Kier molecular flexibility index (Phi) is 8.12. The van der Waals surface area contributed by atoms with E-state index in [0.29, 0.717) is 19.0 Å². The third kappa shape index (κ3) is 5.91. The summed E-state index contributed by atoms with van der Waals surface area (Å²) in [6.45, 7) is 3.78. The highest BCUT2D eigenvalue weighted by atomic mass is 19.1. The predicted octanol–water partition coefficient (Wildman–Crippen LogP) is 5.83. The number of rotatable bonds is 8. The number of urea groups is 1. The summed E-state index contributed by atoms with van der Waals surface area (Å²) in [4.78, 5) is 19.5. The van der Waals surface area contributed by atoms with Gasteiger partial charge in [0.2, 0.25) is 0 Å². The van der Waals surface area contributed by atoms with Gasteiger partial charge in [0.25, 0.3) is 0 Å². The first-order valence-electron chi connectivity index (χ1n) is 13.9. The van der Waals surface area contributed by atoms with E-state index in [0.717, 1.165) is 61.0 Å². The summed E-state index contributed by atoms with van der Waals surface area (Å²) in [5.41, 5.74) is 4.84. The van der Waals surface area contributed by atoms with Crippen LogP contribution in [-0.2, 0) is 0 Å². The van der Waals surface area contributed by atoms with Crippen LogP contribution in [0.4, 0.5) is 14.9 Å². The molecule has 1 saturated carbocycles. The molecule has 2 fully saturated rings. The van der Waals surface area contributed by atoms with Gasteiger partial charge < -0.3 is 26.0 Å². The summed E-state index contributed by atoms with van der Waals surface area (Å²) in [7, 11) is 0. The number of piperidine rings is 1. The first-order chi connectivity index (χ1) is 18.9. The monoisotopic (exact) mass is 531 g/mol. The average molecular weight is 532 g/mol. The third-order valence-corrected chi connectivity index (χ3v) is 8.98. The lowest BCUT2D eigenvalue weighted by Crippen LogP contribution is -2.46. The van der Waals surface area contributed by atoms with E-state index in [-0.39, 0.29) is 35.8 Å². The van der Waals surface area contributed by atoms with Crippen LogP contribution in [0, 0.1) is 28.5 Å². The standard InChI is InChI=1S/C31H38FN5O2/c1-31-17-23(18-33)29(35-27-8-6-26(32)7-9-27)16-25(31)5-4-24(31)15-28(22-3-2-12-34-19-22)36-30(39)37-13-10-21(20-38)11-14-37/h2-3,6-9,12,16,18-19,21,24,28,33,35,38H,4-5,10-11,13-15,17,20H2,1H3,(H,36,39)/t24-,28?,31-/m1/s1. The van der Waals surface area contributed by atoms with Crippen molar-refractivity contribution < 1.29 is 14.3 Å². The Balaban J connectivity index is 1.33. The van der Waals surface area contributed by atoms with Crippen LogP contribution in [-0.4, -0.2) is 46.9 Å². The van der Waals surface area contributed by atoms with Crippen molar-refractivity contribution in [1.29, 1.82) is 5.41 Å². The first kappa shape index (κ1) is 27.1. The minimum absolute atomic E-state index is 0.0614. The van der Waals surface area contributed by atoms with Crippen molar-refractivity contribution in [3.05, 3.63) is 83.1 Å². The number of hydrogen-bond acceptors (Lipinski definition) is 5. The summed E-state index contributed by atoms with van der Waals surface area (Å²) in [5.74, 6) is 0.313. The van der Waals surface area contributed by atoms with Gasteiger partial charge in [0.1, 0.15) is 5.82 Å². The molecule has 5 rings (SSSR count). The molecule has 4 N–H and O–H groups in total. The summed E-state index contributed by atoms with van der Waals surface area (Å²) < 4.78 is 13.4. The maximum atomic E-state index is 13.4. The number of halogens is 1. The normalized spacial score (nSPS) is 24.1. The molecule has 1 aromatic heterocycles. The van der Waals surface area contributed by atoms with Crippen LogP contribution in [0.2, 0.25) is 0 Å². The SMILES string of the molecule is C[C@]12CC(C=N)=C(Nc3ccc(F)cc3)C=C1CC[C@@H]2CC(NC(=O)N1CCC(CO)CC1)c1cccnc1. The maximum absolute atomic E-state index is 13.4. The molecule has 3 aliphatic rings. The third-order valence-electron chi connectivity index (χ3n) is 8.98. The number of aromatic nitrogens is 1. The number of aliphatic hydroxyl groups is 1. The minimum Gasteiger partial charge on any atom is -0.396 e. The van der Waals surface area contributed by atoms with E-state index >= 15 is 0 Å². The molecular weight excluding hydrogens is 493 g/mol. The van der Waals surface area contributed by atoms with Crippen LogP contribution in [0.3, 0.4) is 0 Å². The number of aliphatic hydroxyl groups excluding tert-OH is 1. The van der Waals surface area contributed by atoms with Crippen LogP contribution in [0.15, 0.2) is 71.7 Å². The Morgan fingerprint density at radius 2 is 2.03 bits per heavy atom. The van der Waals surface area contributed by atoms with E-state index in [1.807, 2.05) is 23.2 Å². The number of fused-ring (bicyclic) bond motifs is 1. The molecule has 39 heavy (non-hydrogen) atoms. The van der Waals surface area contributed by atoms with Gasteiger partial charge in [-0.05, 0) is 103 Å². The number of pyridine rings is 1. The first-order valence-corrected chi connectivity index (χ1v) is 13.9. The molecular formula is C31H38FN5O2. The number of hydrogen-bond donors (Lipinski definition) is 4. The van der Waals surface area contributed by atoms with Crippen LogP contribution < -0.4 is 10.6 Å². The van der Waals surface area contributed by atoms with Gasteiger partial charge >= 0.3 is 6.03 Å². The number of allylic oxidation sites excluding steroid dienone is 3. The Morgan fingerprint density at radius 1 is 1.26 bits per heavy atom. The van der Waals surface area contributed by atoms with Crippen molar-refractivity contribution in [1.82, 2.24) is 15.2 Å². The van der Waals surface area contributed by atoms with Crippen molar-refractivity contribution in [2.45, 2.75) is 51.5 Å². The fourth-order valence-corrected chi connectivity index (χ4v) is 6.46. The molecule has 7 nitrogen and oxygen atoms in total. The van der Waals surface area contributed by atoms with Crippen molar-refractivity contribution in [3.63, 3.8) is 0 Å². The van der Waals surface area contributed by atoms with Crippen molar-refractivity contribution in [2.24, 2.45) is 17.3 Å². The van der Waals surface area contributed by atoms with E-state index in [1.165, 1.54) is 23.9 Å². The molecule has 0 bridgehead atoms. The van der Waals surface area contributed by atoms with Crippen LogP contribution in [0.25, 0.3) is 0 Å².